The van der Waals surface area contributed by atoms with Crippen LogP contribution in [-0.4, -0.2) is 44.9 Å². The number of carbonyl (C=O) groups is 1. The van der Waals surface area contributed by atoms with E-state index in [0.29, 0.717) is 30.9 Å². The zero-order valence-electron chi connectivity index (χ0n) is 16.9. The van der Waals surface area contributed by atoms with E-state index in [9.17, 15) is 13.2 Å². The summed E-state index contributed by atoms with van der Waals surface area (Å²) in [5.74, 6) is 0.414. The van der Waals surface area contributed by atoms with E-state index in [0.717, 1.165) is 41.4 Å². The maximum absolute atomic E-state index is 12.9. The molecule has 160 valence electrons. The molecule has 0 radical (unpaired) electrons. The normalized spacial score (nSPS) is 17.1. The molecular weight excluding hydrogens is 468 g/mol. The van der Waals surface area contributed by atoms with Crippen molar-refractivity contribution in [3.05, 3.63) is 52.0 Å². The van der Waals surface area contributed by atoms with Crippen LogP contribution in [-0.2, 0) is 21.2 Å². The topological polar surface area (TPSA) is 66.9 Å². The number of hydrogen-bond donors (Lipinski definition) is 0. The Kier molecular flexibility index (Phi) is 6.18. The number of piperidine rings is 1. The summed E-state index contributed by atoms with van der Waals surface area (Å²) in [6.07, 6.45) is 3.70. The van der Waals surface area contributed by atoms with Crippen LogP contribution in [0.15, 0.2) is 45.8 Å². The number of rotatable bonds is 5. The molecule has 4 rings (SSSR count). The highest BCUT2D eigenvalue weighted by molar-refractivity contribution is 9.10. The number of anilines is 1. The number of hydrogen-bond acceptors (Lipinski definition) is 4. The third-order valence-electron chi connectivity index (χ3n) is 5.69. The molecule has 0 unspecified atom stereocenters. The van der Waals surface area contributed by atoms with Gasteiger partial charge in [0.15, 0.2) is 6.61 Å². The zero-order chi connectivity index (χ0) is 21.3. The smallest absolute Gasteiger partial charge is 0.264 e. The van der Waals surface area contributed by atoms with Crippen molar-refractivity contribution in [1.29, 1.82) is 0 Å². The Balaban J connectivity index is 1.43. The first kappa shape index (κ1) is 21.3. The summed E-state index contributed by atoms with van der Waals surface area (Å²) < 4.78 is 34.0. The molecule has 1 saturated heterocycles. The fraction of sp³-hybridized carbons (Fsp3) is 0.409. The molecule has 0 atom stereocenters. The van der Waals surface area contributed by atoms with Crippen LogP contribution in [0.2, 0.25) is 0 Å². The second kappa shape index (κ2) is 8.69. The second-order valence-electron chi connectivity index (χ2n) is 7.75. The van der Waals surface area contributed by atoms with Gasteiger partial charge in [0.25, 0.3) is 5.91 Å². The number of sulfonamides is 1. The maximum Gasteiger partial charge on any atom is 0.264 e. The van der Waals surface area contributed by atoms with Gasteiger partial charge in [-0.25, -0.2) is 8.42 Å². The van der Waals surface area contributed by atoms with E-state index in [1.165, 1.54) is 0 Å². The average Bonchev–Trinajstić information content (AvgIpc) is 3.16. The Labute approximate surface area is 186 Å². The Morgan fingerprint density at radius 1 is 1.07 bits per heavy atom. The van der Waals surface area contributed by atoms with E-state index in [4.69, 9.17) is 4.74 Å². The van der Waals surface area contributed by atoms with Gasteiger partial charge >= 0.3 is 0 Å². The minimum Gasteiger partial charge on any atom is -0.483 e. The first-order valence-electron chi connectivity index (χ1n) is 10.2. The predicted octanol–water partition coefficient (Wildman–Crippen LogP) is 3.90. The predicted molar refractivity (Wildman–Crippen MR) is 119 cm³/mol. The Hall–Kier alpha value is -1.90. The lowest BCUT2D eigenvalue weighted by Gasteiger charge is -2.26. The van der Waals surface area contributed by atoms with Gasteiger partial charge in [0.1, 0.15) is 5.75 Å². The van der Waals surface area contributed by atoms with Gasteiger partial charge in [-0.2, -0.15) is 4.31 Å². The zero-order valence-corrected chi connectivity index (χ0v) is 19.3. The molecule has 0 aliphatic carbocycles. The van der Waals surface area contributed by atoms with Gasteiger partial charge in [0.05, 0.1) is 4.90 Å². The first-order valence-corrected chi connectivity index (χ1v) is 12.4. The summed E-state index contributed by atoms with van der Waals surface area (Å²) in [4.78, 5) is 14.7. The van der Waals surface area contributed by atoms with Crippen molar-refractivity contribution in [1.82, 2.24) is 4.31 Å². The third kappa shape index (κ3) is 4.26. The minimum absolute atomic E-state index is 0.0887. The van der Waals surface area contributed by atoms with Crippen molar-refractivity contribution in [2.75, 3.05) is 31.1 Å². The summed E-state index contributed by atoms with van der Waals surface area (Å²) >= 11 is 3.46. The van der Waals surface area contributed by atoms with Crippen LogP contribution in [0.25, 0.3) is 0 Å². The summed E-state index contributed by atoms with van der Waals surface area (Å²) in [5.41, 5.74) is 2.76. The summed E-state index contributed by atoms with van der Waals surface area (Å²) in [7, 11) is -3.48. The molecule has 0 saturated carbocycles. The van der Waals surface area contributed by atoms with Crippen LogP contribution in [0.5, 0.6) is 5.75 Å². The molecular formula is C22H25BrN2O4S. The van der Waals surface area contributed by atoms with Crippen molar-refractivity contribution in [2.24, 2.45) is 0 Å². The standard InChI is InChI=1S/C22H25BrN2O4S/c1-16-13-19(30(27,28)24-10-3-2-4-11-24)6-8-21(16)29-15-22(26)25-12-9-17-14-18(23)5-7-20(17)25/h5-8,13-14H,2-4,9-12,15H2,1H3. The Morgan fingerprint density at radius 2 is 1.83 bits per heavy atom. The lowest BCUT2D eigenvalue weighted by atomic mass is 10.2. The van der Waals surface area contributed by atoms with Crippen LogP contribution in [0.4, 0.5) is 5.69 Å². The van der Waals surface area contributed by atoms with Crippen molar-refractivity contribution in [2.45, 2.75) is 37.5 Å². The molecule has 8 heteroatoms. The van der Waals surface area contributed by atoms with Crippen LogP contribution in [0.3, 0.4) is 0 Å². The van der Waals surface area contributed by atoms with Crippen molar-refractivity contribution < 1.29 is 17.9 Å². The van der Waals surface area contributed by atoms with Crippen LogP contribution >= 0.6 is 15.9 Å². The number of amides is 1. The fourth-order valence-electron chi connectivity index (χ4n) is 4.05. The molecule has 30 heavy (non-hydrogen) atoms. The van der Waals surface area contributed by atoms with E-state index >= 15 is 0 Å². The fourth-order valence-corrected chi connectivity index (χ4v) is 6.06. The molecule has 0 aromatic heterocycles. The second-order valence-corrected chi connectivity index (χ2v) is 10.6. The number of benzene rings is 2. The van der Waals surface area contributed by atoms with Gasteiger partial charge < -0.3 is 9.64 Å². The van der Waals surface area contributed by atoms with E-state index < -0.39 is 10.0 Å². The molecule has 6 nitrogen and oxygen atoms in total. The highest BCUT2D eigenvalue weighted by atomic mass is 79.9. The monoisotopic (exact) mass is 492 g/mol. The number of halogens is 1. The van der Waals surface area contributed by atoms with Gasteiger partial charge in [0.2, 0.25) is 10.0 Å². The molecule has 2 aliphatic heterocycles. The molecule has 0 N–H and O–H groups in total. The lowest BCUT2D eigenvalue weighted by molar-refractivity contribution is -0.120. The van der Waals surface area contributed by atoms with Gasteiger partial charge in [0, 0.05) is 29.8 Å². The van der Waals surface area contributed by atoms with E-state index in [2.05, 4.69) is 15.9 Å². The molecule has 2 aliphatic rings. The summed E-state index contributed by atoms with van der Waals surface area (Å²) in [6, 6.07) is 10.8. The van der Waals surface area contributed by atoms with E-state index in [1.54, 1.807) is 34.3 Å². The molecule has 0 spiro atoms. The Bertz CT molecular complexity index is 1060. The molecule has 1 amide bonds. The van der Waals surface area contributed by atoms with Crippen molar-refractivity contribution in [3.63, 3.8) is 0 Å². The van der Waals surface area contributed by atoms with E-state index in [1.807, 2.05) is 18.2 Å². The number of carbonyl (C=O) groups excluding carboxylic acids is 1. The van der Waals surface area contributed by atoms with Crippen molar-refractivity contribution >= 4 is 37.5 Å². The van der Waals surface area contributed by atoms with Gasteiger partial charge in [-0.15, -0.1) is 0 Å². The molecule has 0 bridgehead atoms. The van der Waals surface area contributed by atoms with Gasteiger partial charge in [-0.3, -0.25) is 4.79 Å². The molecule has 2 aromatic carbocycles. The highest BCUT2D eigenvalue weighted by Gasteiger charge is 2.27. The van der Waals surface area contributed by atoms with Gasteiger partial charge in [-0.05, 0) is 73.7 Å². The maximum atomic E-state index is 12.9. The first-order chi connectivity index (χ1) is 14.4. The van der Waals surface area contributed by atoms with E-state index in [-0.39, 0.29) is 17.4 Å². The summed E-state index contributed by atoms with van der Waals surface area (Å²) in [5, 5.41) is 0. The number of fused-ring (bicyclic) bond motifs is 1. The molecule has 2 heterocycles. The third-order valence-corrected chi connectivity index (χ3v) is 8.08. The number of ether oxygens (including phenoxy) is 1. The van der Waals surface area contributed by atoms with Gasteiger partial charge in [-0.1, -0.05) is 22.4 Å². The minimum atomic E-state index is -3.48. The van der Waals surface area contributed by atoms with Crippen LogP contribution < -0.4 is 9.64 Å². The summed E-state index contributed by atoms with van der Waals surface area (Å²) in [6.45, 7) is 3.50. The number of aryl methyl sites for hydroxylation is 1. The molecule has 2 aromatic rings. The molecule has 1 fully saturated rings. The van der Waals surface area contributed by atoms with Crippen LogP contribution in [0, 0.1) is 6.92 Å². The Morgan fingerprint density at radius 3 is 2.57 bits per heavy atom. The quantitative estimate of drug-likeness (QED) is 0.634. The largest absolute Gasteiger partial charge is 0.483 e. The van der Waals surface area contributed by atoms with Crippen LogP contribution in [0.1, 0.15) is 30.4 Å². The highest BCUT2D eigenvalue weighted by Crippen LogP contribution is 2.31. The lowest BCUT2D eigenvalue weighted by Crippen LogP contribution is -2.35. The van der Waals surface area contributed by atoms with Crippen molar-refractivity contribution in [3.8, 4) is 5.75 Å². The average molecular weight is 493 g/mol. The SMILES string of the molecule is Cc1cc(S(=O)(=O)N2CCCCC2)ccc1OCC(=O)N1CCc2cc(Br)ccc21. The number of nitrogens with zero attached hydrogens (tertiary/aromatic N) is 2.